The van der Waals surface area contributed by atoms with Crippen LogP contribution in [0.4, 0.5) is 0 Å². The highest BCUT2D eigenvalue weighted by atomic mass is 35.5. The molecule has 0 atom stereocenters. The minimum Gasteiger partial charge on any atom is -0.478 e. The lowest BCUT2D eigenvalue weighted by atomic mass is 10.1. The van der Waals surface area contributed by atoms with Crippen LogP contribution in [0.5, 0.6) is 0 Å². The second-order valence-corrected chi connectivity index (χ2v) is 5.26. The molecule has 5 heteroatoms. The highest BCUT2D eigenvalue weighted by Crippen LogP contribution is 2.25. The van der Waals surface area contributed by atoms with E-state index < -0.39 is 5.97 Å². The average molecular weight is 279 g/mol. The Morgan fingerprint density at radius 1 is 1.47 bits per heavy atom. The molecule has 0 aliphatic rings. The highest BCUT2D eigenvalue weighted by molar-refractivity contribution is 6.30. The Bertz CT molecular complexity index is 605. The fourth-order valence-corrected chi connectivity index (χ4v) is 2.08. The molecule has 0 aliphatic heterocycles. The van der Waals surface area contributed by atoms with E-state index in [1.54, 1.807) is 35.1 Å². The number of carboxylic acids is 1. The van der Waals surface area contributed by atoms with Crippen molar-refractivity contribution in [3.05, 3.63) is 41.0 Å². The molecule has 19 heavy (non-hydrogen) atoms. The largest absolute Gasteiger partial charge is 0.478 e. The number of aromatic nitrogens is 2. The molecule has 0 fully saturated rings. The summed E-state index contributed by atoms with van der Waals surface area (Å²) in [7, 11) is 0. The van der Waals surface area contributed by atoms with Gasteiger partial charge in [-0.05, 0) is 18.1 Å². The maximum Gasteiger partial charge on any atom is 0.339 e. The predicted octanol–water partition coefficient (Wildman–Crippen LogP) is 3.56. The van der Waals surface area contributed by atoms with Crippen molar-refractivity contribution in [2.24, 2.45) is 5.92 Å². The molecule has 1 N–H and O–H groups in total. The minimum atomic E-state index is -0.981. The fraction of sp³-hybridized carbons (Fsp3) is 0.286. The number of hydrogen-bond acceptors (Lipinski definition) is 2. The number of carbonyl (C=O) groups is 1. The molecule has 1 aromatic carbocycles. The molecule has 0 spiro atoms. The van der Waals surface area contributed by atoms with Gasteiger partial charge in [-0.2, -0.15) is 5.10 Å². The molecule has 1 aromatic heterocycles. The number of hydrogen-bond donors (Lipinski definition) is 1. The summed E-state index contributed by atoms with van der Waals surface area (Å²) < 4.78 is 1.67. The standard InChI is InChI=1S/C14H15ClN2O2/c1-9(2)7-17-8-12(14(18)19)13(16-17)10-4-3-5-11(15)6-10/h3-6,8-9H,7H2,1-2H3,(H,18,19). The number of aromatic carboxylic acids is 1. The fourth-order valence-electron chi connectivity index (χ4n) is 1.89. The quantitative estimate of drug-likeness (QED) is 0.930. The SMILES string of the molecule is CC(C)Cn1cc(C(=O)O)c(-c2cccc(Cl)c2)n1. The lowest BCUT2D eigenvalue weighted by Gasteiger charge is -2.03. The molecule has 0 amide bonds. The Hall–Kier alpha value is -1.81. The Balaban J connectivity index is 2.49. The van der Waals surface area contributed by atoms with E-state index in [0.29, 0.717) is 28.7 Å². The van der Waals surface area contributed by atoms with Gasteiger partial charge in [-0.15, -0.1) is 0 Å². The summed E-state index contributed by atoms with van der Waals surface area (Å²) in [4.78, 5) is 11.3. The second kappa shape index (κ2) is 5.45. The smallest absolute Gasteiger partial charge is 0.339 e. The van der Waals surface area contributed by atoms with Gasteiger partial charge in [0.1, 0.15) is 11.3 Å². The van der Waals surface area contributed by atoms with E-state index in [1.807, 2.05) is 0 Å². The summed E-state index contributed by atoms with van der Waals surface area (Å²) in [6, 6.07) is 7.05. The van der Waals surface area contributed by atoms with Gasteiger partial charge < -0.3 is 5.11 Å². The first-order valence-electron chi connectivity index (χ1n) is 6.04. The summed E-state index contributed by atoms with van der Waals surface area (Å²) in [6.07, 6.45) is 1.57. The van der Waals surface area contributed by atoms with E-state index in [-0.39, 0.29) is 5.56 Å². The average Bonchev–Trinajstić information content (AvgIpc) is 2.72. The Kier molecular flexibility index (Phi) is 3.90. The van der Waals surface area contributed by atoms with Gasteiger partial charge in [0.2, 0.25) is 0 Å². The summed E-state index contributed by atoms with van der Waals surface area (Å²) >= 11 is 5.94. The highest BCUT2D eigenvalue weighted by Gasteiger charge is 2.17. The van der Waals surface area contributed by atoms with E-state index in [1.165, 1.54) is 0 Å². The Labute approximate surface area is 116 Å². The van der Waals surface area contributed by atoms with E-state index in [2.05, 4.69) is 18.9 Å². The zero-order chi connectivity index (χ0) is 14.0. The van der Waals surface area contributed by atoms with E-state index in [0.717, 1.165) is 0 Å². The summed E-state index contributed by atoms with van der Waals surface area (Å²) in [6.45, 7) is 4.79. The molecule has 1 heterocycles. The van der Waals surface area contributed by atoms with Crippen molar-refractivity contribution in [3.8, 4) is 11.3 Å². The van der Waals surface area contributed by atoms with Gasteiger partial charge >= 0.3 is 5.97 Å². The van der Waals surface area contributed by atoms with Crippen LogP contribution >= 0.6 is 11.6 Å². The van der Waals surface area contributed by atoms with Crippen LogP contribution in [0.2, 0.25) is 5.02 Å². The van der Waals surface area contributed by atoms with Crippen LogP contribution in [0.15, 0.2) is 30.5 Å². The predicted molar refractivity (Wildman–Crippen MR) is 74.5 cm³/mol. The van der Waals surface area contributed by atoms with Crippen LogP contribution in [0.1, 0.15) is 24.2 Å². The van der Waals surface area contributed by atoms with Crippen LogP contribution in [-0.4, -0.2) is 20.9 Å². The van der Waals surface area contributed by atoms with E-state index >= 15 is 0 Å². The van der Waals surface area contributed by atoms with Crippen molar-refractivity contribution in [2.75, 3.05) is 0 Å². The zero-order valence-electron chi connectivity index (χ0n) is 10.8. The van der Waals surface area contributed by atoms with Gasteiger partial charge in [-0.3, -0.25) is 4.68 Å². The monoisotopic (exact) mass is 278 g/mol. The van der Waals surface area contributed by atoms with Crippen LogP contribution in [-0.2, 0) is 6.54 Å². The van der Waals surface area contributed by atoms with E-state index in [4.69, 9.17) is 11.6 Å². The van der Waals surface area contributed by atoms with Crippen LogP contribution in [0, 0.1) is 5.92 Å². The summed E-state index contributed by atoms with van der Waals surface area (Å²) in [5.41, 5.74) is 1.37. The van der Waals surface area contributed by atoms with Crippen molar-refractivity contribution in [2.45, 2.75) is 20.4 Å². The third kappa shape index (κ3) is 3.15. The number of carboxylic acid groups (broad SMARTS) is 1. The molecule has 0 unspecified atom stereocenters. The van der Waals surface area contributed by atoms with Crippen LogP contribution in [0.3, 0.4) is 0 Å². The molecule has 0 saturated heterocycles. The summed E-state index contributed by atoms with van der Waals surface area (Å²) in [5, 5.41) is 14.2. The number of rotatable bonds is 4. The van der Waals surface area contributed by atoms with Gasteiger partial charge in [0.05, 0.1) is 0 Å². The van der Waals surface area contributed by atoms with Crippen molar-refractivity contribution in [1.82, 2.24) is 9.78 Å². The third-order valence-corrected chi connectivity index (χ3v) is 2.88. The lowest BCUT2D eigenvalue weighted by Crippen LogP contribution is -2.04. The second-order valence-electron chi connectivity index (χ2n) is 4.82. The van der Waals surface area contributed by atoms with Crippen LogP contribution < -0.4 is 0 Å². The molecule has 0 saturated carbocycles. The molecule has 0 aliphatic carbocycles. The zero-order valence-corrected chi connectivity index (χ0v) is 11.6. The maximum absolute atomic E-state index is 11.3. The van der Waals surface area contributed by atoms with Crippen molar-refractivity contribution in [1.29, 1.82) is 0 Å². The molecule has 0 radical (unpaired) electrons. The molecular weight excluding hydrogens is 264 g/mol. The van der Waals surface area contributed by atoms with Gasteiger partial charge in [-0.25, -0.2) is 4.79 Å². The van der Waals surface area contributed by atoms with Gasteiger partial charge in [-0.1, -0.05) is 37.6 Å². The number of nitrogens with zero attached hydrogens (tertiary/aromatic N) is 2. The van der Waals surface area contributed by atoms with Crippen molar-refractivity contribution >= 4 is 17.6 Å². The lowest BCUT2D eigenvalue weighted by molar-refractivity contribution is 0.0697. The number of halogens is 1. The molecule has 2 rings (SSSR count). The van der Waals surface area contributed by atoms with Crippen molar-refractivity contribution < 1.29 is 9.90 Å². The Morgan fingerprint density at radius 3 is 2.79 bits per heavy atom. The van der Waals surface area contributed by atoms with Crippen LogP contribution in [0.25, 0.3) is 11.3 Å². The normalized spacial score (nSPS) is 10.9. The van der Waals surface area contributed by atoms with Gasteiger partial charge in [0.25, 0.3) is 0 Å². The topological polar surface area (TPSA) is 55.1 Å². The molecule has 0 bridgehead atoms. The Morgan fingerprint density at radius 2 is 2.21 bits per heavy atom. The first-order chi connectivity index (χ1) is 8.97. The van der Waals surface area contributed by atoms with Crippen molar-refractivity contribution in [3.63, 3.8) is 0 Å². The molecule has 4 nitrogen and oxygen atoms in total. The third-order valence-electron chi connectivity index (χ3n) is 2.64. The summed E-state index contributed by atoms with van der Waals surface area (Å²) in [5.74, 6) is -0.585. The van der Waals surface area contributed by atoms with E-state index in [9.17, 15) is 9.90 Å². The van der Waals surface area contributed by atoms with Gasteiger partial charge in [0.15, 0.2) is 0 Å². The van der Waals surface area contributed by atoms with Gasteiger partial charge in [0, 0.05) is 23.3 Å². The molecule has 100 valence electrons. The molecular formula is C14H15ClN2O2. The first-order valence-corrected chi connectivity index (χ1v) is 6.42. The molecule has 2 aromatic rings. The maximum atomic E-state index is 11.3. The number of benzene rings is 1. The minimum absolute atomic E-state index is 0.197. The first kappa shape index (κ1) is 13.6.